The molecule has 26 heavy (non-hydrogen) atoms. The lowest BCUT2D eigenvalue weighted by atomic mass is 9.95. The number of hydrogen-bond donors (Lipinski definition) is 1. The standard InChI is InChI=1S/C17H25N3O5S/c1-3-13(2)20(12-16(21)22)17(23)14-6-9-19(10-7-14)26(24,25)15-5-4-8-18-11-15/h4-5,8,11,13-14H,3,6-7,9-10,12H2,1-2H3,(H,21,22). The maximum Gasteiger partial charge on any atom is 0.323 e. The Hall–Kier alpha value is -2.00. The summed E-state index contributed by atoms with van der Waals surface area (Å²) in [6, 6.07) is 2.90. The highest BCUT2D eigenvalue weighted by Crippen LogP contribution is 2.25. The molecule has 0 radical (unpaired) electrons. The molecule has 144 valence electrons. The summed E-state index contributed by atoms with van der Waals surface area (Å²) < 4.78 is 26.6. The Labute approximate surface area is 153 Å². The van der Waals surface area contributed by atoms with Crippen LogP contribution in [0.4, 0.5) is 0 Å². The van der Waals surface area contributed by atoms with Crippen LogP contribution < -0.4 is 0 Å². The van der Waals surface area contributed by atoms with E-state index >= 15 is 0 Å². The van der Waals surface area contributed by atoms with Crippen molar-refractivity contribution in [1.29, 1.82) is 0 Å². The maximum absolute atomic E-state index is 12.7. The van der Waals surface area contributed by atoms with Crippen molar-refractivity contribution >= 4 is 21.9 Å². The molecule has 1 aliphatic heterocycles. The highest BCUT2D eigenvalue weighted by Gasteiger charge is 2.35. The SMILES string of the molecule is CCC(C)N(CC(=O)O)C(=O)C1CCN(S(=O)(=O)c2cccnc2)CC1. The molecule has 0 aliphatic carbocycles. The number of carboxylic acids is 1. The number of pyridine rings is 1. The van der Waals surface area contributed by atoms with Crippen LogP contribution in [0.1, 0.15) is 33.1 Å². The van der Waals surface area contributed by atoms with E-state index in [-0.39, 0.29) is 42.4 Å². The largest absolute Gasteiger partial charge is 0.480 e. The number of aliphatic carboxylic acids is 1. The number of hydrogen-bond acceptors (Lipinski definition) is 5. The van der Waals surface area contributed by atoms with Gasteiger partial charge in [-0.1, -0.05) is 6.92 Å². The van der Waals surface area contributed by atoms with Gasteiger partial charge in [-0.05, 0) is 38.3 Å². The summed E-state index contributed by atoms with van der Waals surface area (Å²) in [5.41, 5.74) is 0. The zero-order valence-electron chi connectivity index (χ0n) is 15.0. The molecule has 1 N–H and O–H groups in total. The number of aromatic nitrogens is 1. The van der Waals surface area contributed by atoms with E-state index in [1.54, 1.807) is 6.07 Å². The average molecular weight is 383 g/mol. The third-order valence-corrected chi connectivity index (χ3v) is 6.67. The Morgan fingerprint density at radius 3 is 2.54 bits per heavy atom. The van der Waals surface area contributed by atoms with Gasteiger partial charge in [-0.2, -0.15) is 4.31 Å². The summed E-state index contributed by atoms with van der Waals surface area (Å²) in [6.45, 7) is 3.85. The molecular weight excluding hydrogens is 358 g/mol. The molecule has 9 heteroatoms. The molecule has 0 aromatic carbocycles. The first-order chi connectivity index (χ1) is 12.3. The van der Waals surface area contributed by atoms with E-state index in [0.717, 1.165) is 0 Å². The van der Waals surface area contributed by atoms with Gasteiger partial charge in [0.2, 0.25) is 15.9 Å². The molecule has 2 rings (SSSR count). The molecule has 2 heterocycles. The molecule has 1 aromatic heterocycles. The van der Waals surface area contributed by atoms with Gasteiger partial charge in [0.25, 0.3) is 0 Å². The summed E-state index contributed by atoms with van der Waals surface area (Å²) in [4.78, 5) is 29.2. The van der Waals surface area contributed by atoms with Crippen molar-refractivity contribution in [1.82, 2.24) is 14.2 Å². The van der Waals surface area contributed by atoms with E-state index in [1.165, 1.54) is 27.7 Å². The van der Waals surface area contributed by atoms with E-state index < -0.39 is 16.0 Å². The van der Waals surface area contributed by atoms with Crippen molar-refractivity contribution in [2.45, 2.75) is 44.0 Å². The molecule has 1 amide bonds. The molecule has 1 fully saturated rings. The average Bonchev–Trinajstić information content (AvgIpc) is 2.65. The lowest BCUT2D eigenvalue weighted by Crippen LogP contribution is -2.48. The van der Waals surface area contributed by atoms with Crippen molar-refractivity contribution in [3.8, 4) is 0 Å². The molecule has 0 saturated carbocycles. The van der Waals surface area contributed by atoms with Crippen molar-refractivity contribution in [3.05, 3.63) is 24.5 Å². The van der Waals surface area contributed by atoms with E-state index in [0.29, 0.717) is 19.3 Å². The third-order valence-electron chi connectivity index (χ3n) is 4.79. The number of carboxylic acid groups (broad SMARTS) is 1. The molecule has 1 aromatic rings. The summed E-state index contributed by atoms with van der Waals surface area (Å²) in [5, 5.41) is 9.06. The zero-order chi connectivity index (χ0) is 19.3. The summed E-state index contributed by atoms with van der Waals surface area (Å²) in [7, 11) is -3.62. The Bertz CT molecular complexity index is 730. The van der Waals surface area contributed by atoms with Crippen molar-refractivity contribution < 1.29 is 23.1 Å². The maximum atomic E-state index is 12.7. The molecule has 0 bridgehead atoms. The first-order valence-corrected chi connectivity index (χ1v) is 10.1. The predicted octanol–water partition coefficient (Wildman–Crippen LogP) is 1.19. The minimum atomic E-state index is -3.62. The van der Waals surface area contributed by atoms with E-state index in [4.69, 9.17) is 5.11 Å². The molecule has 1 unspecified atom stereocenters. The third kappa shape index (κ3) is 4.59. The van der Waals surface area contributed by atoms with Crippen molar-refractivity contribution in [2.75, 3.05) is 19.6 Å². The van der Waals surface area contributed by atoms with Gasteiger partial charge >= 0.3 is 5.97 Å². The van der Waals surface area contributed by atoms with Crippen LogP contribution in [0.2, 0.25) is 0 Å². The number of carbonyl (C=O) groups is 2. The summed E-state index contributed by atoms with van der Waals surface area (Å²) in [6.07, 6.45) is 4.24. The second-order valence-corrected chi connectivity index (χ2v) is 8.42. The molecule has 0 spiro atoms. The number of nitrogens with zero attached hydrogens (tertiary/aromatic N) is 3. The normalized spacial score (nSPS) is 17.6. The minimum absolute atomic E-state index is 0.136. The Morgan fingerprint density at radius 1 is 1.38 bits per heavy atom. The molecule has 8 nitrogen and oxygen atoms in total. The summed E-state index contributed by atoms with van der Waals surface area (Å²) >= 11 is 0. The number of sulfonamides is 1. The quantitative estimate of drug-likeness (QED) is 0.758. The molecule has 1 saturated heterocycles. The van der Waals surface area contributed by atoms with Crippen LogP contribution >= 0.6 is 0 Å². The van der Waals surface area contributed by atoms with Crippen LogP contribution in [0.25, 0.3) is 0 Å². The highest BCUT2D eigenvalue weighted by atomic mass is 32.2. The Morgan fingerprint density at radius 2 is 2.04 bits per heavy atom. The van der Waals surface area contributed by atoms with E-state index in [2.05, 4.69) is 4.98 Å². The summed E-state index contributed by atoms with van der Waals surface area (Å²) in [5.74, 6) is -1.61. The lowest BCUT2D eigenvalue weighted by Gasteiger charge is -2.35. The first-order valence-electron chi connectivity index (χ1n) is 8.69. The van der Waals surface area contributed by atoms with Crippen LogP contribution in [0.3, 0.4) is 0 Å². The van der Waals surface area contributed by atoms with E-state index in [1.807, 2.05) is 13.8 Å². The van der Waals surface area contributed by atoms with Gasteiger partial charge in [0, 0.05) is 37.4 Å². The fourth-order valence-corrected chi connectivity index (χ4v) is 4.48. The van der Waals surface area contributed by atoms with Gasteiger partial charge in [-0.3, -0.25) is 14.6 Å². The van der Waals surface area contributed by atoms with Gasteiger partial charge < -0.3 is 10.0 Å². The molecule has 1 aliphatic rings. The van der Waals surface area contributed by atoms with Gasteiger partial charge in [-0.25, -0.2) is 8.42 Å². The fourth-order valence-electron chi connectivity index (χ4n) is 3.04. The van der Waals surface area contributed by atoms with Gasteiger partial charge in [-0.15, -0.1) is 0 Å². The van der Waals surface area contributed by atoms with Crippen molar-refractivity contribution in [3.63, 3.8) is 0 Å². The number of piperidine rings is 1. The van der Waals surface area contributed by atoms with Gasteiger partial charge in [0.05, 0.1) is 0 Å². The minimum Gasteiger partial charge on any atom is -0.480 e. The number of amides is 1. The topological polar surface area (TPSA) is 108 Å². The van der Waals surface area contributed by atoms with Gasteiger partial charge in [0.1, 0.15) is 11.4 Å². The van der Waals surface area contributed by atoms with Gasteiger partial charge in [0.15, 0.2) is 0 Å². The van der Waals surface area contributed by atoms with E-state index in [9.17, 15) is 18.0 Å². The zero-order valence-corrected chi connectivity index (χ0v) is 15.9. The van der Waals surface area contributed by atoms with Crippen LogP contribution in [0.5, 0.6) is 0 Å². The first kappa shape index (κ1) is 20.3. The Balaban J connectivity index is 2.05. The second kappa shape index (κ2) is 8.59. The van der Waals surface area contributed by atoms with Crippen molar-refractivity contribution in [2.24, 2.45) is 5.92 Å². The smallest absolute Gasteiger partial charge is 0.323 e. The highest BCUT2D eigenvalue weighted by molar-refractivity contribution is 7.89. The predicted molar refractivity (Wildman–Crippen MR) is 94.8 cm³/mol. The van der Waals surface area contributed by atoms with Crippen LogP contribution in [-0.2, 0) is 19.6 Å². The molecular formula is C17H25N3O5S. The van der Waals surface area contributed by atoms with Crippen LogP contribution in [0, 0.1) is 5.92 Å². The number of carbonyl (C=O) groups excluding carboxylic acids is 1. The lowest BCUT2D eigenvalue weighted by molar-refractivity contribution is -0.148. The number of rotatable bonds is 7. The fraction of sp³-hybridized carbons (Fsp3) is 0.588. The van der Waals surface area contributed by atoms with Crippen LogP contribution in [-0.4, -0.2) is 65.3 Å². The second-order valence-electron chi connectivity index (χ2n) is 6.48. The molecule has 1 atom stereocenters. The van der Waals surface area contributed by atoms with Crippen LogP contribution in [0.15, 0.2) is 29.4 Å². The Kier molecular flexibility index (Phi) is 6.71. The monoisotopic (exact) mass is 383 g/mol.